The molecule has 0 heterocycles. The number of sulfonamides is 1. The van der Waals surface area contributed by atoms with Crippen molar-refractivity contribution in [3.8, 4) is 0 Å². The molecule has 0 aromatic heterocycles. The minimum atomic E-state index is -4.40. The first-order valence-corrected chi connectivity index (χ1v) is 9.03. The zero-order chi connectivity index (χ0) is 18.3. The predicted octanol–water partition coefficient (Wildman–Crippen LogP) is 1.14. The highest BCUT2D eigenvalue weighted by atomic mass is 32.2. The van der Waals surface area contributed by atoms with E-state index in [2.05, 4.69) is 5.32 Å². The Balaban J connectivity index is 2.89. The lowest BCUT2D eigenvalue weighted by Crippen LogP contribution is -2.45. The summed E-state index contributed by atoms with van der Waals surface area (Å²) in [5, 5.41) is 12.4. The Morgan fingerprint density at radius 1 is 1.29 bits per heavy atom. The second-order valence-electron chi connectivity index (χ2n) is 5.01. The zero-order valence-corrected chi connectivity index (χ0v) is 15.1. The summed E-state index contributed by atoms with van der Waals surface area (Å²) in [6, 6.07) is 5.36. The summed E-state index contributed by atoms with van der Waals surface area (Å²) in [5.41, 5.74) is -0.311. The van der Waals surface area contributed by atoms with E-state index in [1.165, 1.54) is 6.92 Å². The molecular formula is C15H24N2O6S. The first-order valence-electron chi connectivity index (χ1n) is 7.53. The number of hydroxylamine groups is 1. The molecule has 1 amide bonds. The third-order valence-corrected chi connectivity index (χ3v) is 4.97. The fourth-order valence-electron chi connectivity index (χ4n) is 1.97. The van der Waals surface area contributed by atoms with E-state index in [1.54, 1.807) is 32.9 Å². The predicted molar refractivity (Wildman–Crippen MR) is 89.4 cm³/mol. The average molecular weight is 360 g/mol. The van der Waals surface area contributed by atoms with E-state index in [0.29, 0.717) is 16.8 Å². The molecule has 0 saturated carbocycles. The minimum absolute atomic E-state index is 0.0802. The van der Waals surface area contributed by atoms with E-state index >= 15 is 0 Å². The lowest BCUT2D eigenvalue weighted by Gasteiger charge is -2.22. The number of anilines is 1. The van der Waals surface area contributed by atoms with Gasteiger partial charge in [-0.05, 0) is 38.8 Å². The Morgan fingerprint density at radius 3 is 2.38 bits per heavy atom. The first-order chi connectivity index (χ1) is 11.3. The summed E-state index contributed by atoms with van der Waals surface area (Å²) in [6.07, 6.45) is 0. The van der Waals surface area contributed by atoms with E-state index in [4.69, 9.17) is 9.57 Å². The maximum Gasteiger partial charge on any atom is 0.272 e. The SMILES string of the molecule is CCOCON(CC)S(=O)(=O)C(O)C(=O)Nc1c(C)cccc1C. The summed E-state index contributed by atoms with van der Waals surface area (Å²) >= 11 is 0. The Kier molecular flexibility index (Phi) is 7.77. The molecule has 1 unspecified atom stereocenters. The van der Waals surface area contributed by atoms with Gasteiger partial charge in [0.2, 0.25) is 0 Å². The van der Waals surface area contributed by atoms with Crippen LogP contribution in [0.2, 0.25) is 0 Å². The number of aliphatic hydroxyl groups excluding tert-OH is 1. The average Bonchev–Trinajstić information content (AvgIpc) is 2.54. The van der Waals surface area contributed by atoms with Crippen LogP contribution in [-0.2, 0) is 24.4 Å². The minimum Gasteiger partial charge on any atom is -0.368 e. The van der Waals surface area contributed by atoms with Crippen molar-refractivity contribution >= 4 is 21.6 Å². The Hall–Kier alpha value is -1.52. The van der Waals surface area contributed by atoms with Crippen LogP contribution in [0, 0.1) is 13.8 Å². The summed E-state index contributed by atoms with van der Waals surface area (Å²) in [6.45, 7) is 6.74. The number of rotatable bonds is 9. The second-order valence-corrected chi connectivity index (χ2v) is 6.90. The number of nitrogens with zero attached hydrogens (tertiary/aromatic N) is 1. The molecule has 136 valence electrons. The molecular weight excluding hydrogens is 336 g/mol. The van der Waals surface area contributed by atoms with Gasteiger partial charge >= 0.3 is 0 Å². The van der Waals surface area contributed by atoms with Gasteiger partial charge in [0.15, 0.2) is 6.79 Å². The Bertz CT molecular complexity index is 642. The number of amides is 1. The van der Waals surface area contributed by atoms with E-state index in [1.807, 2.05) is 6.07 Å². The van der Waals surface area contributed by atoms with Crippen LogP contribution in [0.25, 0.3) is 0 Å². The van der Waals surface area contributed by atoms with Crippen molar-refractivity contribution in [2.75, 3.05) is 25.3 Å². The number of hydrogen-bond donors (Lipinski definition) is 2. The number of hydrogen-bond acceptors (Lipinski definition) is 6. The van der Waals surface area contributed by atoms with Gasteiger partial charge in [-0.2, -0.15) is 0 Å². The molecule has 0 aliphatic carbocycles. The fourth-order valence-corrected chi connectivity index (χ4v) is 3.07. The van der Waals surface area contributed by atoms with Crippen LogP contribution in [0.5, 0.6) is 0 Å². The van der Waals surface area contributed by atoms with Crippen molar-refractivity contribution < 1.29 is 27.9 Å². The number of para-hydroxylation sites is 1. The van der Waals surface area contributed by atoms with Gasteiger partial charge in [-0.1, -0.05) is 22.7 Å². The largest absolute Gasteiger partial charge is 0.368 e. The molecule has 0 aliphatic rings. The van der Waals surface area contributed by atoms with Crippen LogP contribution in [0.1, 0.15) is 25.0 Å². The molecule has 1 aromatic rings. The van der Waals surface area contributed by atoms with E-state index in [0.717, 1.165) is 11.1 Å². The van der Waals surface area contributed by atoms with Crippen molar-refractivity contribution in [1.82, 2.24) is 4.47 Å². The van der Waals surface area contributed by atoms with Crippen LogP contribution in [0.3, 0.4) is 0 Å². The van der Waals surface area contributed by atoms with E-state index < -0.39 is 21.4 Å². The normalized spacial score (nSPS) is 13.1. The van der Waals surface area contributed by atoms with Crippen molar-refractivity contribution in [2.45, 2.75) is 33.1 Å². The third-order valence-electron chi connectivity index (χ3n) is 3.26. The van der Waals surface area contributed by atoms with Crippen LogP contribution in [0.4, 0.5) is 5.69 Å². The van der Waals surface area contributed by atoms with Gasteiger partial charge in [-0.15, -0.1) is 0 Å². The van der Waals surface area contributed by atoms with Crippen molar-refractivity contribution in [2.24, 2.45) is 0 Å². The van der Waals surface area contributed by atoms with Gasteiger partial charge < -0.3 is 15.2 Å². The monoisotopic (exact) mass is 360 g/mol. The molecule has 1 atom stereocenters. The number of aliphatic hydroxyl groups is 1. The molecule has 0 spiro atoms. The lowest BCUT2D eigenvalue weighted by molar-refractivity contribution is -0.171. The van der Waals surface area contributed by atoms with Crippen LogP contribution < -0.4 is 5.32 Å². The highest BCUT2D eigenvalue weighted by Gasteiger charge is 2.36. The summed E-state index contributed by atoms with van der Waals surface area (Å²) in [4.78, 5) is 17.1. The molecule has 0 saturated heterocycles. The molecule has 0 bridgehead atoms. The van der Waals surface area contributed by atoms with Crippen LogP contribution in [-0.4, -0.2) is 49.3 Å². The van der Waals surface area contributed by atoms with Gasteiger partial charge in [-0.3, -0.25) is 9.63 Å². The second kappa shape index (κ2) is 9.09. The van der Waals surface area contributed by atoms with Gasteiger partial charge in [-0.25, -0.2) is 8.42 Å². The molecule has 24 heavy (non-hydrogen) atoms. The molecule has 1 aromatic carbocycles. The molecule has 0 radical (unpaired) electrons. The van der Waals surface area contributed by atoms with Gasteiger partial charge in [0.1, 0.15) is 0 Å². The highest BCUT2D eigenvalue weighted by Crippen LogP contribution is 2.20. The summed E-state index contributed by atoms with van der Waals surface area (Å²) in [7, 11) is -4.40. The molecule has 0 fully saturated rings. The quantitative estimate of drug-likeness (QED) is 0.389. The van der Waals surface area contributed by atoms with Crippen molar-refractivity contribution in [1.29, 1.82) is 0 Å². The molecule has 0 aliphatic heterocycles. The van der Waals surface area contributed by atoms with Gasteiger partial charge in [0, 0.05) is 18.8 Å². The maximum atomic E-state index is 12.3. The van der Waals surface area contributed by atoms with Gasteiger partial charge in [0.25, 0.3) is 21.4 Å². The number of nitrogens with one attached hydrogen (secondary N) is 1. The number of carbonyl (C=O) groups is 1. The maximum absolute atomic E-state index is 12.3. The Labute approximate surface area is 142 Å². The van der Waals surface area contributed by atoms with Crippen molar-refractivity contribution in [3.63, 3.8) is 0 Å². The molecule has 8 nitrogen and oxygen atoms in total. The molecule has 2 N–H and O–H groups in total. The zero-order valence-electron chi connectivity index (χ0n) is 14.3. The van der Waals surface area contributed by atoms with Crippen LogP contribution in [0.15, 0.2) is 18.2 Å². The Morgan fingerprint density at radius 2 is 1.88 bits per heavy atom. The summed E-state index contributed by atoms with van der Waals surface area (Å²) in [5.74, 6) is -1.05. The van der Waals surface area contributed by atoms with Crippen LogP contribution >= 0.6 is 0 Å². The third kappa shape index (κ3) is 4.99. The summed E-state index contributed by atoms with van der Waals surface area (Å²) < 4.78 is 30.0. The molecule has 1 rings (SSSR count). The topological polar surface area (TPSA) is 105 Å². The van der Waals surface area contributed by atoms with E-state index in [9.17, 15) is 18.3 Å². The van der Waals surface area contributed by atoms with E-state index in [-0.39, 0.29) is 13.3 Å². The molecule has 9 heteroatoms. The number of carbonyl (C=O) groups excluding carboxylic acids is 1. The van der Waals surface area contributed by atoms with Crippen molar-refractivity contribution in [3.05, 3.63) is 29.3 Å². The fraction of sp³-hybridized carbons (Fsp3) is 0.533. The standard InChI is InChI=1S/C15H24N2O6S/c1-5-17(23-10-22-6-2)24(20,21)15(19)14(18)16-13-11(3)8-7-9-12(13)4/h7-9,15,19H,5-6,10H2,1-4H3,(H,16,18). The number of aryl methyl sites for hydroxylation is 2. The van der Waals surface area contributed by atoms with Gasteiger partial charge in [0.05, 0.1) is 0 Å². The number of benzene rings is 1. The number of ether oxygens (including phenoxy) is 1. The first kappa shape index (κ1) is 20.5. The lowest BCUT2D eigenvalue weighted by atomic mass is 10.1. The highest BCUT2D eigenvalue weighted by molar-refractivity contribution is 7.90. The smallest absolute Gasteiger partial charge is 0.272 e.